The van der Waals surface area contributed by atoms with Crippen LogP contribution in [0.4, 0.5) is 4.39 Å². The maximum absolute atomic E-state index is 13.1. The molecule has 0 spiro atoms. The number of benzene rings is 1. The number of rotatable bonds is 1. The van der Waals surface area contributed by atoms with E-state index in [0.29, 0.717) is 21.2 Å². The fourth-order valence-corrected chi connectivity index (χ4v) is 1.73. The van der Waals surface area contributed by atoms with Crippen molar-refractivity contribution in [1.29, 1.82) is 0 Å². The van der Waals surface area contributed by atoms with Gasteiger partial charge >= 0.3 is 0 Å². The van der Waals surface area contributed by atoms with E-state index in [0.717, 1.165) is 6.07 Å². The molecule has 0 bridgehead atoms. The molecule has 1 aromatic carbocycles. The highest BCUT2D eigenvalue weighted by atomic mass is 35.5. The monoisotopic (exact) mass is 257 g/mol. The third-order valence-electron chi connectivity index (χ3n) is 2.10. The maximum Gasteiger partial charge on any atom is 0.283 e. The van der Waals surface area contributed by atoms with E-state index in [1.54, 1.807) is 18.2 Å². The van der Waals surface area contributed by atoms with Crippen molar-refractivity contribution in [2.75, 3.05) is 0 Å². The zero-order chi connectivity index (χ0) is 11.7. The van der Waals surface area contributed by atoms with E-state index in [1.165, 1.54) is 6.20 Å². The van der Waals surface area contributed by atoms with E-state index in [1.807, 2.05) is 0 Å². The molecule has 0 aliphatic heterocycles. The third kappa shape index (κ3) is 2.10. The van der Waals surface area contributed by atoms with Gasteiger partial charge in [0.1, 0.15) is 0 Å². The second-order valence-electron chi connectivity index (χ2n) is 3.19. The van der Waals surface area contributed by atoms with E-state index in [-0.39, 0.29) is 0 Å². The zero-order valence-corrected chi connectivity index (χ0v) is 9.44. The Bertz CT molecular complexity index is 595. The molecule has 1 N–H and O–H groups in total. The van der Waals surface area contributed by atoms with Crippen LogP contribution in [0.1, 0.15) is 0 Å². The molecule has 0 unspecified atom stereocenters. The number of hydrogen-bond donors (Lipinski definition) is 1. The van der Waals surface area contributed by atoms with Crippen LogP contribution in [-0.2, 0) is 0 Å². The highest BCUT2D eigenvalue weighted by Gasteiger charge is 2.07. The Morgan fingerprint density at radius 1 is 1.19 bits per heavy atom. The third-order valence-corrected chi connectivity index (χ3v) is 2.66. The second-order valence-corrected chi connectivity index (χ2v) is 4.03. The summed E-state index contributed by atoms with van der Waals surface area (Å²) in [6.07, 6.45) is 1.39. The lowest BCUT2D eigenvalue weighted by molar-refractivity contribution is 0.609. The molecule has 0 aliphatic rings. The lowest BCUT2D eigenvalue weighted by Gasteiger charge is -2.04. The number of halogens is 3. The van der Waals surface area contributed by atoms with Gasteiger partial charge in [-0.3, -0.25) is 4.79 Å². The molecule has 5 heteroatoms. The summed E-state index contributed by atoms with van der Waals surface area (Å²) in [6.45, 7) is 0. The van der Waals surface area contributed by atoms with E-state index < -0.39 is 11.4 Å². The topological polar surface area (TPSA) is 32.9 Å². The number of nitrogens with one attached hydrogen (secondary N) is 1. The fourth-order valence-electron chi connectivity index (χ4n) is 1.33. The summed E-state index contributed by atoms with van der Waals surface area (Å²) in [6, 6.07) is 5.98. The molecule has 2 rings (SSSR count). The summed E-state index contributed by atoms with van der Waals surface area (Å²) in [5, 5.41) is 0.932. The minimum absolute atomic E-state index is 0.441. The van der Waals surface area contributed by atoms with Crippen LogP contribution < -0.4 is 5.56 Å². The highest BCUT2D eigenvalue weighted by molar-refractivity contribution is 6.35. The molecule has 0 saturated carbocycles. The number of pyridine rings is 1. The summed E-state index contributed by atoms with van der Waals surface area (Å²) in [5.41, 5.74) is 0.288. The molecule has 16 heavy (non-hydrogen) atoms. The molecule has 0 amide bonds. The summed E-state index contributed by atoms with van der Waals surface area (Å²) >= 11 is 11.8. The van der Waals surface area contributed by atoms with Crippen LogP contribution in [-0.4, -0.2) is 4.98 Å². The molecular weight excluding hydrogens is 252 g/mol. The van der Waals surface area contributed by atoms with Crippen LogP contribution >= 0.6 is 23.2 Å². The molecule has 1 heterocycles. The lowest BCUT2D eigenvalue weighted by atomic mass is 10.1. The van der Waals surface area contributed by atoms with E-state index in [4.69, 9.17) is 23.2 Å². The first-order valence-corrected chi connectivity index (χ1v) is 5.17. The van der Waals surface area contributed by atoms with E-state index in [2.05, 4.69) is 4.98 Å². The van der Waals surface area contributed by atoms with Crippen molar-refractivity contribution in [1.82, 2.24) is 4.98 Å². The number of aromatic nitrogens is 1. The molecule has 0 saturated heterocycles. The van der Waals surface area contributed by atoms with Crippen molar-refractivity contribution in [3.63, 3.8) is 0 Å². The van der Waals surface area contributed by atoms with Gasteiger partial charge in [0.05, 0.1) is 0 Å². The predicted octanol–water partition coefficient (Wildman–Crippen LogP) is 3.49. The first kappa shape index (κ1) is 11.2. The minimum atomic E-state index is -0.853. The first-order chi connectivity index (χ1) is 7.58. The predicted molar refractivity (Wildman–Crippen MR) is 62.5 cm³/mol. The van der Waals surface area contributed by atoms with Crippen LogP contribution in [0.3, 0.4) is 0 Å². The molecule has 0 aliphatic carbocycles. The van der Waals surface area contributed by atoms with Gasteiger partial charge in [-0.2, -0.15) is 0 Å². The Balaban J connectivity index is 2.62. The van der Waals surface area contributed by atoms with Gasteiger partial charge in [0.2, 0.25) is 0 Å². The van der Waals surface area contributed by atoms with Crippen LogP contribution in [0, 0.1) is 5.82 Å². The first-order valence-electron chi connectivity index (χ1n) is 4.41. The Hall–Kier alpha value is -1.32. The summed E-state index contributed by atoms with van der Waals surface area (Å²) in [4.78, 5) is 13.1. The van der Waals surface area contributed by atoms with Crippen LogP contribution in [0.15, 0.2) is 35.3 Å². The summed E-state index contributed by atoms with van der Waals surface area (Å²) < 4.78 is 13.1. The quantitative estimate of drug-likeness (QED) is 0.834. The normalized spacial score (nSPS) is 10.4. The lowest BCUT2D eigenvalue weighted by Crippen LogP contribution is -2.09. The number of H-pyrrole nitrogens is 1. The molecule has 2 nitrogen and oxygen atoms in total. The SMILES string of the molecule is O=c1[nH]cc(-c2cc(Cl)ccc2Cl)cc1F. The van der Waals surface area contributed by atoms with Gasteiger partial charge in [0.15, 0.2) is 5.82 Å². The fraction of sp³-hybridized carbons (Fsp3) is 0. The van der Waals surface area contributed by atoms with Gasteiger partial charge in [-0.1, -0.05) is 23.2 Å². The van der Waals surface area contributed by atoms with E-state index in [9.17, 15) is 9.18 Å². The molecule has 0 radical (unpaired) electrons. The van der Waals surface area contributed by atoms with Crippen LogP contribution in [0.2, 0.25) is 10.0 Å². The Morgan fingerprint density at radius 3 is 2.62 bits per heavy atom. The van der Waals surface area contributed by atoms with E-state index >= 15 is 0 Å². The van der Waals surface area contributed by atoms with Crippen molar-refractivity contribution in [3.8, 4) is 11.1 Å². The number of hydrogen-bond acceptors (Lipinski definition) is 1. The Kier molecular flexibility index (Phi) is 2.99. The molecule has 1 aromatic heterocycles. The Morgan fingerprint density at radius 2 is 1.94 bits per heavy atom. The highest BCUT2D eigenvalue weighted by Crippen LogP contribution is 2.29. The van der Waals surface area contributed by atoms with Crippen molar-refractivity contribution in [2.45, 2.75) is 0 Å². The molecular formula is C11H6Cl2FNO. The summed E-state index contributed by atoms with van der Waals surface area (Å²) in [7, 11) is 0. The smallest absolute Gasteiger partial charge is 0.283 e. The van der Waals surface area contributed by atoms with Gasteiger partial charge in [-0.05, 0) is 24.3 Å². The average Bonchev–Trinajstić information content (AvgIpc) is 2.26. The van der Waals surface area contributed by atoms with Crippen LogP contribution in [0.5, 0.6) is 0 Å². The Labute approximate surface area is 101 Å². The van der Waals surface area contributed by atoms with Gasteiger partial charge in [-0.25, -0.2) is 4.39 Å². The standard InChI is InChI=1S/C11H6Cl2FNO/c12-7-1-2-9(13)8(4-7)6-3-10(14)11(16)15-5-6/h1-5H,(H,15,16). The second kappa shape index (κ2) is 4.28. The summed E-state index contributed by atoms with van der Waals surface area (Å²) in [5.74, 6) is -0.853. The van der Waals surface area contributed by atoms with Gasteiger partial charge in [0, 0.05) is 27.4 Å². The molecule has 82 valence electrons. The van der Waals surface area contributed by atoms with Crippen molar-refractivity contribution in [3.05, 3.63) is 56.7 Å². The molecule has 0 atom stereocenters. The zero-order valence-electron chi connectivity index (χ0n) is 7.93. The van der Waals surface area contributed by atoms with Gasteiger partial charge in [0.25, 0.3) is 5.56 Å². The van der Waals surface area contributed by atoms with Crippen LogP contribution in [0.25, 0.3) is 11.1 Å². The average molecular weight is 258 g/mol. The molecule has 0 fully saturated rings. The number of aromatic amines is 1. The minimum Gasteiger partial charge on any atom is -0.326 e. The van der Waals surface area contributed by atoms with Gasteiger partial charge < -0.3 is 4.98 Å². The van der Waals surface area contributed by atoms with Crippen molar-refractivity contribution in [2.24, 2.45) is 0 Å². The largest absolute Gasteiger partial charge is 0.326 e. The molecule has 2 aromatic rings. The van der Waals surface area contributed by atoms with Gasteiger partial charge in [-0.15, -0.1) is 0 Å². The van der Waals surface area contributed by atoms with Crippen molar-refractivity contribution >= 4 is 23.2 Å². The van der Waals surface area contributed by atoms with Crippen molar-refractivity contribution < 1.29 is 4.39 Å². The maximum atomic E-state index is 13.1.